The molecule has 0 N–H and O–H groups in total. The molecule has 0 radical (unpaired) electrons. The van der Waals surface area contributed by atoms with E-state index >= 15 is 0 Å². The molecule has 12 aromatic rings. The van der Waals surface area contributed by atoms with Gasteiger partial charge >= 0.3 is 0 Å². The quantitative estimate of drug-likeness (QED) is 0.144. The number of furan rings is 1. The van der Waals surface area contributed by atoms with Crippen LogP contribution in [0.5, 0.6) is 0 Å². The van der Waals surface area contributed by atoms with Gasteiger partial charge in [0.05, 0.1) is 0 Å². The first-order valence-corrected chi connectivity index (χ1v) is 22.6. The number of hydrogen-bond donors (Lipinski definition) is 0. The molecule has 12 rings (SSSR count). The van der Waals surface area contributed by atoms with Gasteiger partial charge in [-0.25, -0.2) is 0 Å². The molecule has 0 bridgehead atoms. The van der Waals surface area contributed by atoms with Crippen LogP contribution in [0.1, 0.15) is 0 Å². The van der Waals surface area contributed by atoms with Crippen molar-refractivity contribution in [3.63, 3.8) is 0 Å². The predicted molar refractivity (Wildman–Crippen MR) is 279 cm³/mol. The third kappa shape index (κ3) is 7.41. The molecule has 66 heavy (non-hydrogen) atoms. The minimum absolute atomic E-state index is 0.901. The normalized spacial score (nSPS) is 11.3. The molecule has 0 saturated carbocycles. The van der Waals surface area contributed by atoms with E-state index in [-0.39, 0.29) is 0 Å². The first-order chi connectivity index (χ1) is 32.7. The molecule has 0 aliphatic carbocycles. The van der Waals surface area contributed by atoms with Gasteiger partial charge in [0.25, 0.3) is 0 Å². The summed E-state index contributed by atoms with van der Waals surface area (Å²) in [7, 11) is 0. The largest absolute Gasteiger partial charge is 0.456 e. The van der Waals surface area contributed by atoms with Crippen LogP contribution in [0.15, 0.2) is 265 Å². The minimum Gasteiger partial charge on any atom is -0.456 e. The molecule has 0 amide bonds. The third-order valence-electron chi connectivity index (χ3n) is 12.9. The van der Waals surface area contributed by atoms with Crippen molar-refractivity contribution in [1.82, 2.24) is 0 Å². The molecule has 310 valence electrons. The van der Waals surface area contributed by atoms with Crippen LogP contribution in [-0.2, 0) is 0 Å². The fraction of sp³-hybridized carbons (Fsp3) is 0. The highest BCUT2D eigenvalue weighted by Gasteiger charge is 2.17. The molecule has 0 spiro atoms. The number of hydrogen-bond acceptors (Lipinski definition) is 2. The second kappa shape index (κ2) is 16.8. The molecule has 0 aliphatic rings. The molecular weight excluding hydrogens is 799 g/mol. The molecule has 2 nitrogen and oxygen atoms in total. The van der Waals surface area contributed by atoms with E-state index in [1.54, 1.807) is 0 Å². The van der Waals surface area contributed by atoms with Crippen LogP contribution < -0.4 is 4.90 Å². The van der Waals surface area contributed by atoms with Crippen LogP contribution in [0.4, 0.5) is 17.1 Å². The molecule has 0 unspecified atom stereocenters. The van der Waals surface area contributed by atoms with E-state index in [2.05, 4.69) is 254 Å². The fourth-order valence-electron chi connectivity index (χ4n) is 9.48. The highest BCUT2D eigenvalue weighted by molar-refractivity contribution is 6.06. The summed E-state index contributed by atoms with van der Waals surface area (Å²) in [6, 6.07) is 93.9. The summed E-state index contributed by atoms with van der Waals surface area (Å²) in [6.07, 6.45) is 0. The highest BCUT2D eigenvalue weighted by atomic mass is 16.3. The Labute approximate surface area is 384 Å². The maximum atomic E-state index is 6.15. The van der Waals surface area contributed by atoms with Gasteiger partial charge in [0.1, 0.15) is 11.2 Å². The summed E-state index contributed by atoms with van der Waals surface area (Å²) >= 11 is 0. The zero-order valence-electron chi connectivity index (χ0n) is 36.2. The van der Waals surface area contributed by atoms with Gasteiger partial charge in [-0.1, -0.05) is 194 Å². The Bertz CT molecular complexity index is 3680. The smallest absolute Gasteiger partial charge is 0.135 e. The van der Waals surface area contributed by atoms with Crippen molar-refractivity contribution < 1.29 is 4.42 Å². The van der Waals surface area contributed by atoms with Gasteiger partial charge in [0, 0.05) is 27.8 Å². The van der Waals surface area contributed by atoms with Crippen molar-refractivity contribution in [2.45, 2.75) is 0 Å². The molecule has 2 heteroatoms. The molecule has 11 aromatic carbocycles. The van der Waals surface area contributed by atoms with Crippen molar-refractivity contribution in [2.24, 2.45) is 0 Å². The van der Waals surface area contributed by atoms with Crippen molar-refractivity contribution in [3.05, 3.63) is 261 Å². The minimum atomic E-state index is 0.901. The van der Waals surface area contributed by atoms with Gasteiger partial charge in [-0.2, -0.15) is 0 Å². The molecule has 0 aliphatic heterocycles. The van der Waals surface area contributed by atoms with E-state index in [9.17, 15) is 0 Å². The Balaban J connectivity index is 0.879. The van der Waals surface area contributed by atoms with Crippen LogP contribution in [0.2, 0.25) is 0 Å². The van der Waals surface area contributed by atoms with Gasteiger partial charge in [-0.05, 0) is 144 Å². The predicted octanol–water partition coefficient (Wildman–Crippen LogP) is 18.2. The maximum Gasteiger partial charge on any atom is 0.135 e. The Morgan fingerprint density at radius 1 is 0.227 bits per heavy atom. The number of anilines is 3. The monoisotopic (exact) mass is 841 g/mol. The summed E-state index contributed by atoms with van der Waals surface area (Å²) in [4.78, 5) is 2.36. The van der Waals surface area contributed by atoms with E-state index in [4.69, 9.17) is 4.42 Å². The Morgan fingerprint density at radius 3 is 1.42 bits per heavy atom. The number of benzene rings is 11. The summed E-state index contributed by atoms with van der Waals surface area (Å²) in [6.45, 7) is 0. The topological polar surface area (TPSA) is 16.4 Å². The zero-order valence-corrected chi connectivity index (χ0v) is 36.2. The molecule has 0 atom stereocenters. The van der Waals surface area contributed by atoms with E-state index in [0.717, 1.165) is 55.7 Å². The average Bonchev–Trinajstić information content (AvgIpc) is 3.78. The zero-order chi connectivity index (χ0) is 43.8. The standard InChI is InChI=1S/C64H43NO/c1-2-13-49(14-3-1)59-20-6-7-21-60(59)55-18-11-19-58(42-55)65(57-37-32-48(33-38-57)54-34-39-64-62(43-54)61-22-8-9-23-63(61)66-64)56-35-30-46(31-36-56)45-24-26-47(27-25-45)51-16-10-17-52(40-51)53-29-28-44-12-4-5-15-50(44)41-53/h1-43H. The molecular formula is C64H43NO. The number of fused-ring (bicyclic) bond motifs is 4. The second-order valence-corrected chi connectivity index (χ2v) is 16.9. The van der Waals surface area contributed by atoms with Crippen molar-refractivity contribution in [2.75, 3.05) is 4.90 Å². The molecule has 1 aromatic heterocycles. The summed E-state index contributed by atoms with van der Waals surface area (Å²) in [5.74, 6) is 0. The SMILES string of the molecule is c1ccc(-c2ccccc2-c2cccc(N(c3ccc(-c4ccc(-c5cccc(-c6ccc7ccccc7c6)c5)cc4)cc3)c3ccc(-c4ccc5oc6ccccc6c5c4)cc3)c2)cc1. The van der Waals surface area contributed by atoms with Crippen LogP contribution >= 0.6 is 0 Å². The van der Waals surface area contributed by atoms with Crippen LogP contribution in [0, 0.1) is 0 Å². The van der Waals surface area contributed by atoms with E-state index < -0.39 is 0 Å². The first kappa shape index (κ1) is 38.9. The average molecular weight is 842 g/mol. The Kier molecular flexibility index (Phi) is 9.89. The van der Waals surface area contributed by atoms with E-state index in [0.29, 0.717) is 0 Å². The Morgan fingerprint density at radius 2 is 0.697 bits per heavy atom. The lowest BCUT2D eigenvalue weighted by atomic mass is 9.94. The van der Waals surface area contributed by atoms with Gasteiger partial charge in [-0.15, -0.1) is 0 Å². The highest BCUT2D eigenvalue weighted by Crippen LogP contribution is 2.41. The summed E-state index contributed by atoms with van der Waals surface area (Å²) in [5, 5.41) is 4.77. The van der Waals surface area contributed by atoms with Crippen LogP contribution in [-0.4, -0.2) is 0 Å². The third-order valence-corrected chi connectivity index (χ3v) is 12.9. The van der Waals surface area contributed by atoms with Crippen molar-refractivity contribution >= 4 is 49.8 Å². The van der Waals surface area contributed by atoms with Gasteiger partial charge in [0.15, 0.2) is 0 Å². The van der Waals surface area contributed by atoms with Crippen LogP contribution in [0.25, 0.3) is 99.5 Å². The lowest BCUT2D eigenvalue weighted by Gasteiger charge is -2.26. The maximum absolute atomic E-state index is 6.15. The van der Waals surface area contributed by atoms with Crippen LogP contribution in [0.3, 0.4) is 0 Å². The molecule has 0 saturated heterocycles. The lowest BCUT2D eigenvalue weighted by Crippen LogP contribution is -2.10. The molecule has 0 fully saturated rings. The van der Waals surface area contributed by atoms with Crippen molar-refractivity contribution in [3.8, 4) is 66.8 Å². The summed E-state index contributed by atoms with van der Waals surface area (Å²) in [5.41, 5.74) is 19.3. The van der Waals surface area contributed by atoms with Gasteiger partial charge in [0.2, 0.25) is 0 Å². The first-order valence-electron chi connectivity index (χ1n) is 22.6. The van der Waals surface area contributed by atoms with E-state index in [1.165, 1.54) is 60.8 Å². The van der Waals surface area contributed by atoms with Crippen molar-refractivity contribution in [1.29, 1.82) is 0 Å². The number of rotatable bonds is 9. The van der Waals surface area contributed by atoms with E-state index in [1.807, 2.05) is 12.1 Å². The fourth-order valence-corrected chi connectivity index (χ4v) is 9.48. The second-order valence-electron chi connectivity index (χ2n) is 16.9. The summed E-state index contributed by atoms with van der Waals surface area (Å²) < 4.78 is 6.15. The Hall–Kier alpha value is -8.72. The van der Waals surface area contributed by atoms with Gasteiger partial charge in [-0.3, -0.25) is 0 Å². The van der Waals surface area contributed by atoms with Gasteiger partial charge < -0.3 is 9.32 Å². The number of nitrogens with zero attached hydrogens (tertiary/aromatic N) is 1. The lowest BCUT2D eigenvalue weighted by molar-refractivity contribution is 0.669. The molecule has 1 heterocycles. The number of para-hydroxylation sites is 1.